The number of rotatable bonds is 3. The quantitative estimate of drug-likeness (QED) is 0.879. The van der Waals surface area contributed by atoms with Crippen LogP contribution in [0.3, 0.4) is 0 Å². The van der Waals surface area contributed by atoms with Crippen molar-refractivity contribution in [3.63, 3.8) is 0 Å². The summed E-state index contributed by atoms with van der Waals surface area (Å²) in [5, 5.41) is 3.21. The molecule has 0 saturated carbocycles. The molecule has 1 saturated heterocycles. The lowest BCUT2D eigenvalue weighted by Crippen LogP contribution is -2.45. The average molecular weight is 333 g/mol. The lowest BCUT2D eigenvalue weighted by Gasteiger charge is -2.23. The number of benzene rings is 1. The lowest BCUT2D eigenvalue weighted by atomic mass is 10.1. The van der Waals surface area contributed by atoms with Crippen LogP contribution in [-0.2, 0) is 16.4 Å². The molecule has 0 amide bonds. The van der Waals surface area contributed by atoms with Crippen molar-refractivity contribution in [3.8, 4) is 5.75 Å². The first-order chi connectivity index (χ1) is 9.54. The molecule has 0 aromatic heterocycles. The highest BCUT2D eigenvalue weighted by Crippen LogP contribution is 2.30. The summed E-state index contributed by atoms with van der Waals surface area (Å²) in [4.78, 5) is 0.333. The van der Waals surface area contributed by atoms with Gasteiger partial charge in [-0.2, -0.15) is 0 Å². The number of sulfonamides is 1. The Hall–Kier alpha value is -0.820. The van der Waals surface area contributed by atoms with Gasteiger partial charge in [-0.1, -0.05) is 0 Å². The molecular weight excluding hydrogens is 312 g/mol. The minimum absolute atomic E-state index is 0. The van der Waals surface area contributed by atoms with E-state index in [4.69, 9.17) is 4.74 Å². The van der Waals surface area contributed by atoms with E-state index in [0.717, 1.165) is 37.1 Å². The molecule has 0 radical (unpaired) electrons. The molecule has 1 fully saturated rings. The SMILES string of the molecule is CC1Cc2cc(S(=O)(=O)NC3CCCNC3)ccc2O1.Cl. The monoisotopic (exact) mass is 332 g/mol. The molecule has 1 aromatic rings. The van der Waals surface area contributed by atoms with Gasteiger partial charge in [-0.15, -0.1) is 12.4 Å². The number of piperidine rings is 1. The van der Waals surface area contributed by atoms with Gasteiger partial charge in [0.05, 0.1) is 4.90 Å². The van der Waals surface area contributed by atoms with Crippen LogP contribution in [0.15, 0.2) is 23.1 Å². The predicted molar refractivity (Wildman–Crippen MR) is 83.7 cm³/mol. The molecule has 118 valence electrons. The Balaban J connectivity index is 0.00000161. The highest BCUT2D eigenvalue weighted by atomic mass is 35.5. The van der Waals surface area contributed by atoms with Crippen LogP contribution in [0.4, 0.5) is 0 Å². The molecule has 0 spiro atoms. The Morgan fingerprint density at radius 2 is 2.19 bits per heavy atom. The highest BCUT2D eigenvalue weighted by molar-refractivity contribution is 7.89. The van der Waals surface area contributed by atoms with E-state index in [1.807, 2.05) is 6.92 Å². The molecule has 2 N–H and O–H groups in total. The Bertz CT molecular complexity index is 600. The number of hydrogen-bond donors (Lipinski definition) is 2. The number of ether oxygens (including phenoxy) is 1. The van der Waals surface area contributed by atoms with Crippen molar-refractivity contribution < 1.29 is 13.2 Å². The molecule has 5 nitrogen and oxygen atoms in total. The number of nitrogens with one attached hydrogen (secondary N) is 2. The van der Waals surface area contributed by atoms with Crippen molar-refractivity contribution >= 4 is 22.4 Å². The Labute approximate surface area is 131 Å². The summed E-state index contributed by atoms with van der Waals surface area (Å²) < 4.78 is 33.2. The molecule has 7 heteroatoms. The maximum absolute atomic E-state index is 12.4. The normalized spacial score (nSPS) is 24.8. The van der Waals surface area contributed by atoms with E-state index >= 15 is 0 Å². The van der Waals surface area contributed by atoms with Crippen molar-refractivity contribution in [1.29, 1.82) is 0 Å². The van der Waals surface area contributed by atoms with Gasteiger partial charge in [0.1, 0.15) is 11.9 Å². The van der Waals surface area contributed by atoms with Crippen molar-refractivity contribution in [2.75, 3.05) is 13.1 Å². The number of hydrogen-bond acceptors (Lipinski definition) is 4. The topological polar surface area (TPSA) is 67.4 Å². The maximum atomic E-state index is 12.4. The molecular formula is C14H21ClN2O3S. The van der Waals surface area contributed by atoms with Gasteiger partial charge < -0.3 is 10.1 Å². The van der Waals surface area contributed by atoms with Crippen LogP contribution >= 0.6 is 12.4 Å². The highest BCUT2D eigenvalue weighted by Gasteiger charge is 2.25. The van der Waals surface area contributed by atoms with E-state index in [0.29, 0.717) is 11.4 Å². The summed E-state index contributed by atoms with van der Waals surface area (Å²) >= 11 is 0. The van der Waals surface area contributed by atoms with Crippen molar-refractivity contribution in [2.45, 2.75) is 43.2 Å². The largest absolute Gasteiger partial charge is 0.490 e. The van der Waals surface area contributed by atoms with Crippen LogP contribution in [0.25, 0.3) is 0 Å². The van der Waals surface area contributed by atoms with E-state index in [-0.39, 0.29) is 24.6 Å². The van der Waals surface area contributed by atoms with E-state index in [2.05, 4.69) is 10.0 Å². The van der Waals surface area contributed by atoms with Crippen LogP contribution in [-0.4, -0.2) is 33.7 Å². The third kappa shape index (κ3) is 3.69. The molecule has 2 atom stereocenters. The van der Waals surface area contributed by atoms with Crippen LogP contribution in [0.2, 0.25) is 0 Å². The number of halogens is 1. The summed E-state index contributed by atoms with van der Waals surface area (Å²) in [7, 11) is -3.44. The van der Waals surface area contributed by atoms with Crippen LogP contribution in [0, 0.1) is 0 Å². The average Bonchev–Trinajstić information content (AvgIpc) is 2.78. The lowest BCUT2D eigenvalue weighted by molar-refractivity contribution is 0.254. The molecule has 3 rings (SSSR count). The second-order valence-electron chi connectivity index (χ2n) is 5.57. The predicted octanol–water partition coefficient (Wildman–Crippen LogP) is 1.46. The van der Waals surface area contributed by atoms with Crippen LogP contribution in [0.1, 0.15) is 25.3 Å². The molecule has 2 unspecified atom stereocenters. The summed E-state index contributed by atoms with van der Waals surface area (Å²) in [5.41, 5.74) is 0.974. The summed E-state index contributed by atoms with van der Waals surface area (Å²) in [6.07, 6.45) is 2.78. The van der Waals surface area contributed by atoms with E-state index in [1.165, 1.54) is 0 Å². The number of fused-ring (bicyclic) bond motifs is 1. The van der Waals surface area contributed by atoms with Gasteiger partial charge in [0.25, 0.3) is 0 Å². The minimum Gasteiger partial charge on any atom is -0.490 e. The van der Waals surface area contributed by atoms with Crippen molar-refractivity contribution in [1.82, 2.24) is 10.0 Å². The molecule has 0 bridgehead atoms. The fourth-order valence-electron chi connectivity index (χ4n) is 2.81. The fourth-order valence-corrected chi connectivity index (χ4v) is 4.13. The second-order valence-corrected chi connectivity index (χ2v) is 7.28. The smallest absolute Gasteiger partial charge is 0.240 e. The van der Waals surface area contributed by atoms with E-state index < -0.39 is 10.0 Å². The molecule has 21 heavy (non-hydrogen) atoms. The standard InChI is InChI=1S/C14H20N2O3S.ClH/c1-10-7-11-8-13(4-5-14(11)19-10)20(17,18)16-12-3-2-6-15-9-12;/h4-5,8,10,12,15-16H,2-3,6-7,9H2,1H3;1H. The maximum Gasteiger partial charge on any atom is 0.240 e. The summed E-state index contributed by atoms with van der Waals surface area (Å²) in [6, 6.07) is 5.09. The van der Waals surface area contributed by atoms with Gasteiger partial charge in [-0.3, -0.25) is 0 Å². The van der Waals surface area contributed by atoms with Crippen LogP contribution in [0.5, 0.6) is 5.75 Å². The molecule has 2 aliphatic heterocycles. The van der Waals surface area contributed by atoms with E-state index in [9.17, 15) is 8.42 Å². The summed E-state index contributed by atoms with van der Waals surface area (Å²) in [5.74, 6) is 0.802. The molecule has 1 aromatic carbocycles. The van der Waals surface area contributed by atoms with Crippen molar-refractivity contribution in [2.24, 2.45) is 0 Å². The van der Waals surface area contributed by atoms with Crippen molar-refractivity contribution in [3.05, 3.63) is 23.8 Å². The van der Waals surface area contributed by atoms with Gasteiger partial charge in [-0.25, -0.2) is 13.1 Å². The second kappa shape index (κ2) is 6.52. The Morgan fingerprint density at radius 1 is 1.38 bits per heavy atom. The van der Waals surface area contributed by atoms with Gasteiger partial charge in [0.2, 0.25) is 10.0 Å². The third-order valence-electron chi connectivity index (χ3n) is 3.80. The first-order valence-electron chi connectivity index (χ1n) is 7.07. The Morgan fingerprint density at radius 3 is 2.90 bits per heavy atom. The van der Waals surface area contributed by atoms with Gasteiger partial charge in [0.15, 0.2) is 0 Å². The van der Waals surface area contributed by atoms with Gasteiger partial charge in [0, 0.05) is 19.0 Å². The zero-order valence-electron chi connectivity index (χ0n) is 12.0. The third-order valence-corrected chi connectivity index (χ3v) is 5.31. The molecule has 0 aliphatic carbocycles. The van der Waals surface area contributed by atoms with Gasteiger partial charge in [-0.05, 0) is 50.1 Å². The summed E-state index contributed by atoms with van der Waals surface area (Å²) in [6.45, 7) is 3.65. The Kier molecular flexibility index (Phi) is 5.14. The molecule has 2 aliphatic rings. The zero-order valence-corrected chi connectivity index (χ0v) is 13.6. The van der Waals surface area contributed by atoms with E-state index in [1.54, 1.807) is 18.2 Å². The fraction of sp³-hybridized carbons (Fsp3) is 0.571. The zero-order chi connectivity index (χ0) is 14.2. The minimum atomic E-state index is -3.44. The van der Waals surface area contributed by atoms with Crippen LogP contribution < -0.4 is 14.8 Å². The first kappa shape index (κ1) is 16.5. The molecule has 2 heterocycles. The van der Waals surface area contributed by atoms with Gasteiger partial charge >= 0.3 is 0 Å². The first-order valence-corrected chi connectivity index (χ1v) is 8.55.